The molecule has 11 heteroatoms. The molecule has 2 saturated heterocycles. The first-order valence-corrected chi connectivity index (χ1v) is 15.0. The zero-order valence-electron chi connectivity index (χ0n) is 23.5. The van der Waals surface area contributed by atoms with Gasteiger partial charge in [-0.3, -0.25) is 14.3 Å². The van der Waals surface area contributed by atoms with Gasteiger partial charge in [-0.2, -0.15) is 0 Å². The smallest absolute Gasteiger partial charge is 0.296 e. The summed E-state index contributed by atoms with van der Waals surface area (Å²) in [6.07, 6.45) is 5.37. The van der Waals surface area contributed by atoms with Crippen molar-refractivity contribution < 1.29 is 18.3 Å². The highest BCUT2D eigenvalue weighted by molar-refractivity contribution is 5.79. The van der Waals surface area contributed by atoms with Gasteiger partial charge in [0.2, 0.25) is 5.91 Å². The van der Waals surface area contributed by atoms with E-state index < -0.39 is 6.43 Å². The first kappa shape index (κ1) is 28.0. The van der Waals surface area contributed by atoms with Crippen molar-refractivity contribution in [2.75, 3.05) is 50.8 Å². The van der Waals surface area contributed by atoms with Crippen molar-refractivity contribution in [2.24, 2.45) is 5.92 Å². The lowest BCUT2D eigenvalue weighted by Gasteiger charge is -2.32. The minimum atomic E-state index is -2.73. The summed E-state index contributed by atoms with van der Waals surface area (Å²) in [5.41, 5.74) is 1.12. The fourth-order valence-corrected chi connectivity index (χ4v) is 6.24. The number of likely N-dealkylation sites (tertiary alicyclic amines) is 1. The van der Waals surface area contributed by atoms with E-state index >= 15 is 0 Å². The number of aryl methyl sites for hydroxylation is 1. The van der Waals surface area contributed by atoms with Crippen molar-refractivity contribution in [3.63, 3.8) is 0 Å². The number of halogens is 2. The summed E-state index contributed by atoms with van der Waals surface area (Å²) < 4.78 is 35.2. The Kier molecular flexibility index (Phi) is 8.71. The summed E-state index contributed by atoms with van der Waals surface area (Å²) in [6.45, 7) is 5.19. The van der Waals surface area contributed by atoms with Crippen molar-refractivity contribution in [1.29, 1.82) is 0 Å². The van der Waals surface area contributed by atoms with Gasteiger partial charge in [0.25, 0.3) is 6.43 Å². The maximum absolute atomic E-state index is 14.1. The Hall–Kier alpha value is -3.18. The number of fused-ring (bicyclic) bond motifs is 1. The van der Waals surface area contributed by atoms with E-state index in [1.165, 1.54) is 11.0 Å². The van der Waals surface area contributed by atoms with Crippen LogP contribution in [0.5, 0.6) is 0 Å². The molecule has 41 heavy (non-hydrogen) atoms. The summed E-state index contributed by atoms with van der Waals surface area (Å²) in [5.74, 6) is 2.28. The number of nitrogens with one attached hydrogen (secondary N) is 1. The summed E-state index contributed by atoms with van der Waals surface area (Å²) in [5, 5.41) is 3.23. The lowest BCUT2D eigenvalue weighted by atomic mass is 9.83. The van der Waals surface area contributed by atoms with E-state index in [4.69, 9.17) is 14.7 Å². The molecular weight excluding hydrogens is 528 g/mol. The van der Waals surface area contributed by atoms with E-state index in [0.29, 0.717) is 67.9 Å². The van der Waals surface area contributed by atoms with Crippen molar-refractivity contribution in [3.05, 3.63) is 42.0 Å². The molecule has 9 nitrogen and oxygen atoms in total. The van der Waals surface area contributed by atoms with Gasteiger partial charge in [-0.1, -0.05) is 18.6 Å². The SMILES string of the molecule is O=C(CN1CCC1)NC1CCC(CCCc2nc(N3CCOCC3)cc(-n3c(C(F)F)nc4ccccc43)n2)CC1. The van der Waals surface area contributed by atoms with E-state index in [2.05, 4.69) is 20.1 Å². The minimum Gasteiger partial charge on any atom is -0.378 e. The number of morpholine rings is 1. The molecule has 1 aliphatic carbocycles. The monoisotopic (exact) mass is 567 g/mol. The molecule has 3 fully saturated rings. The number of anilines is 1. The number of amides is 1. The van der Waals surface area contributed by atoms with Gasteiger partial charge >= 0.3 is 0 Å². The zero-order chi connectivity index (χ0) is 28.2. The number of carbonyl (C=O) groups excluding carboxylic acids is 1. The summed E-state index contributed by atoms with van der Waals surface area (Å²) in [7, 11) is 0. The maximum Gasteiger partial charge on any atom is 0.296 e. The van der Waals surface area contributed by atoms with Crippen LogP contribution in [-0.2, 0) is 16.0 Å². The lowest BCUT2D eigenvalue weighted by Crippen LogP contribution is -2.47. The van der Waals surface area contributed by atoms with E-state index in [1.54, 1.807) is 24.3 Å². The van der Waals surface area contributed by atoms with E-state index in [-0.39, 0.29) is 17.8 Å². The van der Waals surface area contributed by atoms with Gasteiger partial charge in [0.05, 0.1) is 30.8 Å². The molecule has 1 amide bonds. The number of hydrogen-bond donors (Lipinski definition) is 1. The van der Waals surface area contributed by atoms with Crippen LogP contribution in [0.2, 0.25) is 0 Å². The maximum atomic E-state index is 14.1. The number of carbonyl (C=O) groups is 1. The number of rotatable bonds is 10. The Morgan fingerprint density at radius 1 is 1.00 bits per heavy atom. The number of alkyl halides is 2. The second-order valence-electron chi connectivity index (χ2n) is 11.5. The summed E-state index contributed by atoms with van der Waals surface area (Å²) in [4.78, 5) is 30.5. The quantitative estimate of drug-likeness (QED) is 0.391. The molecule has 4 heterocycles. The number of hydrogen-bond acceptors (Lipinski definition) is 7. The zero-order valence-corrected chi connectivity index (χ0v) is 23.5. The fourth-order valence-electron chi connectivity index (χ4n) is 6.24. The Morgan fingerprint density at radius 2 is 1.76 bits per heavy atom. The Balaban J connectivity index is 1.13. The molecule has 1 N–H and O–H groups in total. The van der Waals surface area contributed by atoms with Crippen LogP contribution in [0.3, 0.4) is 0 Å². The van der Waals surface area contributed by atoms with Crippen LogP contribution >= 0.6 is 0 Å². The Labute approximate surface area is 239 Å². The van der Waals surface area contributed by atoms with Gasteiger partial charge < -0.3 is 15.0 Å². The van der Waals surface area contributed by atoms with Gasteiger partial charge in [-0.05, 0) is 69.7 Å². The van der Waals surface area contributed by atoms with Crippen molar-refractivity contribution in [2.45, 2.75) is 63.8 Å². The Morgan fingerprint density at radius 3 is 2.49 bits per heavy atom. The highest BCUT2D eigenvalue weighted by atomic mass is 19.3. The van der Waals surface area contributed by atoms with Crippen LogP contribution < -0.4 is 10.2 Å². The standard InChI is InChI=1S/C30H39F2N7O2/c31-29(32)30-34-23-6-1-2-7-24(23)39(30)27-19-26(38-15-17-41-18-16-38)35-25(36-27)8-3-5-21-9-11-22(12-10-21)33-28(40)20-37-13-4-14-37/h1-2,6-7,19,21-22,29H,3-5,8-18,20H2,(H,33,40). The molecule has 0 atom stereocenters. The molecule has 0 unspecified atom stereocenters. The van der Waals surface area contributed by atoms with E-state index in [0.717, 1.165) is 57.4 Å². The van der Waals surface area contributed by atoms with Crippen LogP contribution in [0.25, 0.3) is 16.9 Å². The molecule has 0 spiro atoms. The average molecular weight is 568 g/mol. The Bertz CT molecular complexity index is 1330. The number of nitrogens with zero attached hydrogens (tertiary/aromatic N) is 6. The molecule has 6 rings (SSSR count). The van der Waals surface area contributed by atoms with Crippen molar-refractivity contribution in [3.8, 4) is 5.82 Å². The number of ether oxygens (including phenoxy) is 1. The lowest BCUT2D eigenvalue weighted by molar-refractivity contribution is -0.124. The molecule has 1 saturated carbocycles. The topological polar surface area (TPSA) is 88.4 Å². The summed E-state index contributed by atoms with van der Waals surface area (Å²) >= 11 is 0. The second-order valence-corrected chi connectivity index (χ2v) is 11.5. The van der Waals surface area contributed by atoms with E-state index in [9.17, 15) is 13.6 Å². The number of para-hydroxylation sites is 2. The van der Waals surface area contributed by atoms with Gasteiger partial charge in [-0.15, -0.1) is 0 Å². The highest BCUT2D eigenvalue weighted by Crippen LogP contribution is 2.30. The van der Waals surface area contributed by atoms with Gasteiger partial charge in [0.15, 0.2) is 5.82 Å². The third kappa shape index (κ3) is 6.67. The predicted octanol–water partition coefficient (Wildman–Crippen LogP) is 4.29. The van der Waals surface area contributed by atoms with Crippen LogP contribution in [0.1, 0.15) is 63.0 Å². The fraction of sp³-hybridized carbons (Fsp3) is 0.600. The molecule has 2 aliphatic heterocycles. The molecule has 1 aromatic carbocycles. The van der Waals surface area contributed by atoms with Crippen LogP contribution in [0.15, 0.2) is 30.3 Å². The average Bonchev–Trinajstić information content (AvgIpc) is 3.37. The molecule has 3 aliphatic rings. The van der Waals surface area contributed by atoms with Crippen LogP contribution in [0.4, 0.5) is 14.6 Å². The first-order chi connectivity index (χ1) is 20.0. The largest absolute Gasteiger partial charge is 0.378 e. The molecule has 0 bridgehead atoms. The van der Waals surface area contributed by atoms with Gasteiger partial charge in [0.1, 0.15) is 17.5 Å². The first-order valence-electron chi connectivity index (χ1n) is 15.0. The number of aromatic nitrogens is 4. The second kappa shape index (κ2) is 12.8. The van der Waals surface area contributed by atoms with Gasteiger partial charge in [0, 0.05) is 31.6 Å². The number of benzene rings is 1. The minimum absolute atomic E-state index is 0.155. The van der Waals surface area contributed by atoms with Crippen molar-refractivity contribution in [1.82, 2.24) is 29.7 Å². The molecule has 3 aromatic rings. The molecule has 220 valence electrons. The predicted molar refractivity (Wildman–Crippen MR) is 153 cm³/mol. The van der Waals surface area contributed by atoms with E-state index in [1.807, 2.05) is 6.07 Å². The van der Waals surface area contributed by atoms with Crippen LogP contribution in [0, 0.1) is 5.92 Å². The van der Waals surface area contributed by atoms with Crippen LogP contribution in [-0.4, -0.2) is 82.3 Å². The molecular formula is C30H39F2N7O2. The molecule has 2 aromatic heterocycles. The normalized spacial score (nSPS) is 21.8. The molecule has 0 radical (unpaired) electrons. The van der Waals surface area contributed by atoms with Gasteiger partial charge in [-0.25, -0.2) is 23.7 Å². The summed E-state index contributed by atoms with van der Waals surface area (Å²) in [6, 6.07) is 9.25. The number of imidazole rings is 1. The third-order valence-electron chi connectivity index (χ3n) is 8.63. The highest BCUT2D eigenvalue weighted by Gasteiger charge is 2.25. The van der Waals surface area contributed by atoms with Crippen molar-refractivity contribution >= 4 is 22.8 Å². The third-order valence-corrected chi connectivity index (χ3v) is 8.63.